The second kappa shape index (κ2) is 9.70. The molecule has 0 spiro atoms. The third kappa shape index (κ3) is 6.53. The molecule has 0 radical (unpaired) electrons. The minimum absolute atomic E-state index is 0.113. The summed E-state index contributed by atoms with van der Waals surface area (Å²) in [5.41, 5.74) is 2.83. The van der Waals surface area contributed by atoms with Crippen LogP contribution in [0.15, 0.2) is 30.4 Å². The summed E-state index contributed by atoms with van der Waals surface area (Å²) in [6.45, 7) is 11.4. The van der Waals surface area contributed by atoms with Gasteiger partial charge in [-0.1, -0.05) is 48.9 Å². The summed E-state index contributed by atoms with van der Waals surface area (Å²) in [6, 6.07) is 3.77. The van der Waals surface area contributed by atoms with E-state index in [2.05, 4.69) is 13.0 Å². The maximum atomic E-state index is 11.6. The predicted octanol–water partition coefficient (Wildman–Crippen LogP) is 4.89. The fourth-order valence-electron chi connectivity index (χ4n) is 3.84. The fraction of sp³-hybridized carbons (Fsp3) is 0.542. The number of aliphatic hydroxyl groups excluding tert-OH is 1. The maximum absolute atomic E-state index is 11.6. The van der Waals surface area contributed by atoms with Crippen molar-refractivity contribution in [2.75, 3.05) is 0 Å². The molecule has 5 nitrogen and oxygen atoms in total. The Kier molecular flexibility index (Phi) is 7.80. The molecular weight excluding hydrogens is 368 g/mol. The van der Waals surface area contributed by atoms with E-state index in [1.807, 2.05) is 58.1 Å². The SMILES string of the molecule is Cc1cc(C)c(C(=O)O)c(/C=C/C[C@@H]2OC(C)(C)O[C@@H]2C(C)/C=C\CC(C)O)c1. The number of benzene rings is 1. The first-order chi connectivity index (χ1) is 13.5. The predicted molar refractivity (Wildman–Crippen MR) is 115 cm³/mol. The quantitative estimate of drug-likeness (QED) is 0.606. The lowest BCUT2D eigenvalue weighted by Gasteiger charge is -2.20. The molecule has 0 aromatic heterocycles. The normalized spacial score (nSPS) is 23.7. The average molecular weight is 403 g/mol. The Morgan fingerprint density at radius 1 is 1.21 bits per heavy atom. The van der Waals surface area contributed by atoms with E-state index in [0.717, 1.165) is 11.1 Å². The Morgan fingerprint density at radius 3 is 2.52 bits per heavy atom. The van der Waals surface area contributed by atoms with Gasteiger partial charge in [0, 0.05) is 5.92 Å². The first kappa shape index (κ1) is 23.3. The zero-order valence-corrected chi connectivity index (χ0v) is 18.3. The van der Waals surface area contributed by atoms with Crippen LogP contribution >= 0.6 is 0 Å². The van der Waals surface area contributed by atoms with Gasteiger partial charge in [-0.2, -0.15) is 0 Å². The van der Waals surface area contributed by atoms with Gasteiger partial charge in [0.05, 0.1) is 23.9 Å². The second-order valence-corrected chi connectivity index (χ2v) is 8.50. The summed E-state index contributed by atoms with van der Waals surface area (Å²) in [5, 5.41) is 19.0. The molecule has 1 heterocycles. The lowest BCUT2D eigenvalue weighted by atomic mass is 9.95. The van der Waals surface area contributed by atoms with Crippen LogP contribution in [0.5, 0.6) is 0 Å². The van der Waals surface area contributed by atoms with Gasteiger partial charge in [-0.3, -0.25) is 0 Å². The van der Waals surface area contributed by atoms with Crippen LogP contribution in [0.25, 0.3) is 6.08 Å². The Hall–Kier alpha value is -1.95. The summed E-state index contributed by atoms with van der Waals surface area (Å²) in [5.74, 6) is -1.45. The third-order valence-corrected chi connectivity index (χ3v) is 5.05. The lowest BCUT2D eigenvalue weighted by Crippen LogP contribution is -2.28. The van der Waals surface area contributed by atoms with Crippen LogP contribution in [-0.4, -0.2) is 40.3 Å². The van der Waals surface area contributed by atoms with E-state index in [1.54, 1.807) is 6.92 Å². The fourth-order valence-corrected chi connectivity index (χ4v) is 3.84. The first-order valence-corrected chi connectivity index (χ1v) is 10.2. The van der Waals surface area contributed by atoms with Crippen LogP contribution < -0.4 is 0 Å². The van der Waals surface area contributed by atoms with Gasteiger partial charge in [0.25, 0.3) is 0 Å². The lowest BCUT2D eigenvalue weighted by molar-refractivity contribution is -0.148. The van der Waals surface area contributed by atoms with Gasteiger partial charge >= 0.3 is 5.97 Å². The summed E-state index contributed by atoms with van der Waals surface area (Å²) < 4.78 is 12.2. The zero-order valence-electron chi connectivity index (χ0n) is 18.3. The Bertz CT molecular complexity index is 776. The van der Waals surface area contributed by atoms with Crippen molar-refractivity contribution < 1.29 is 24.5 Å². The molecule has 2 rings (SSSR count). The number of ether oxygens (including phenoxy) is 2. The molecule has 5 heteroatoms. The highest BCUT2D eigenvalue weighted by molar-refractivity contribution is 5.94. The monoisotopic (exact) mass is 402 g/mol. The van der Waals surface area contributed by atoms with Gasteiger partial charge in [0.15, 0.2) is 5.79 Å². The van der Waals surface area contributed by atoms with Crippen molar-refractivity contribution >= 4 is 12.0 Å². The molecule has 1 aliphatic heterocycles. The van der Waals surface area contributed by atoms with E-state index in [9.17, 15) is 15.0 Å². The first-order valence-electron chi connectivity index (χ1n) is 10.2. The van der Waals surface area contributed by atoms with Crippen molar-refractivity contribution in [3.05, 3.63) is 52.6 Å². The molecule has 4 atom stereocenters. The van der Waals surface area contributed by atoms with E-state index in [-0.39, 0.29) is 24.2 Å². The van der Waals surface area contributed by atoms with Crippen LogP contribution in [0.4, 0.5) is 0 Å². The summed E-state index contributed by atoms with van der Waals surface area (Å²) in [6.07, 6.45) is 8.49. The van der Waals surface area contributed by atoms with Gasteiger partial charge in [0.2, 0.25) is 0 Å². The Balaban J connectivity index is 2.15. The number of aromatic carboxylic acids is 1. The van der Waals surface area contributed by atoms with E-state index >= 15 is 0 Å². The molecule has 29 heavy (non-hydrogen) atoms. The largest absolute Gasteiger partial charge is 0.478 e. The highest BCUT2D eigenvalue weighted by Crippen LogP contribution is 2.34. The molecule has 1 aliphatic rings. The number of rotatable bonds is 8. The Morgan fingerprint density at radius 2 is 1.90 bits per heavy atom. The standard InChI is InChI=1S/C24H34O5/c1-15-13-17(3)21(23(26)27)19(14-15)11-8-12-20-22(29-24(5,6)28-20)16(2)9-7-10-18(4)25/h7-9,11,13-14,16,18,20,22,25H,10,12H2,1-6H3,(H,26,27)/b9-7-,11-8+/t16?,18?,20-,22+/m0/s1. The van der Waals surface area contributed by atoms with Gasteiger partial charge in [-0.05, 0) is 58.6 Å². The van der Waals surface area contributed by atoms with Crippen molar-refractivity contribution in [2.24, 2.45) is 5.92 Å². The van der Waals surface area contributed by atoms with E-state index in [1.165, 1.54) is 0 Å². The van der Waals surface area contributed by atoms with Gasteiger partial charge in [-0.25, -0.2) is 4.79 Å². The van der Waals surface area contributed by atoms with Gasteiger partial charge in [0.1, 0.15) is 0 Å². The van der Waals surface area contributed by atoms with E-state index < -0.39 is 11.8 Å². The van der Waals surface area contributed by atoms with Crippen molar-refractivity contribution in [2.45, 2.75) is 78.5 Å². The summed E-state index contributed by atoms with van der Waals surface area (Å²) in [4.78, 5) is 11.6. The molecule has 1 aromatic carbocycles. The number of aliphatic hydroxyl groups is 1. The highest BCUT2D eigenvalue weighted by atomic mass is 16.7. The topological polar surface area (TPSA) is 76.0 Å². The third-order valence-electron chi connectivity index (χ3n) is 5.05. The van der Waals surface area contributed by atoms with Crippen molar-refractivity contribution in [1.82, 2.24) is 0 Å². The molecule has 1 aromatic rings. The minimum atomic E-state index is -0.918. The molecule has 0 amide bonds. The van der Waals surface area contributed by atoms with Crippen molar-refractivity contribution in [3.63, 3.8) is 0 Å². The number of hydrogen-bond donors (Lipinski definition) is 2. The molecular formula is C24H34O5. The zero-order chi connectivity index (χ0) is 21.8. The van der Waals surface area contributed by atoms with Crippen LogP contribution in [0.2, 0.25) is 0 Å². The van der Waals surface area contributed by atoms with E-state index in [0.29, 0.717) is 24.0 Å². The molecule has 0 aliphatic carbocycles. The average Bonchev–Trinajstić information content (AvgIpc) is 2.88. The van der Waals surface area contributed by atoms with Gasteiger partial charge in [-0.15, -0.1) is 0 Å². The second-order valence-electron chi connectivity index (χ2n) is 8.50. The number of carbonyl (C=O) groups is 1. The molecule has 160 valence electrons. The van der Waals surface area contributed by atoms with Crippen LogP contribution in [0, 0.1) is 19.8 Å². The smallest absolute Gasteiger partial charge is 0.336 e. The highest BCUT2D eigenvalue weighted by Gasteiger charge is 2.42. The molecule has 0 bridgehead atoms. The van der Waals surface area contributed by atoms with E-state index in [4.69, 9.17) is 9.47 Å². The molecule has 1 fully saturated rings. The van der Waals surface area contributed by atoms with Gasteiger partial charge < -0.3 is 19.7 Å². The minimum Gasteiger partial charge on any atom is -0.478 e. The number of carboxylic acids is 1. The van der Waals surface area contributed by atoms with Crippen molar-refractivity contribution in [3.8, 4) is 0 Å². The van der Waals surface area contributed by atoms with Crippen molar-refractivity contribution in [1.29, 1.82) is 0 Å². The summed E-state index contributed by atoms with van der Waals surface area (Å²) in [7, 11) is 0. The molecule has 0 saturated carbocycles. The maximum Gasteiger partial charge on any atom is 0.336 e. The number of aryl methyl sites for hydroxylation is 2. The van der Waals surface area contributed by atoms with Crippen LogP contribution in [0.1, 0.15) is 67.6 Å². The molecule has 2 unspecified atom stereocenters. The number of carboxylic acid groups (broad SMARTS) is 1. The number of hydrogen-bond acceptors (Lipinski definition) is 4. The Labute approximate surface area is 174 Å². The van der Waals surface area contributed by atoms with Crippen LogP contribution in [-0.2, 0) is 9.47 Å². The summed E-state index contributed by atoms with van der Waals surface area (Å²) >= 11 is 0. The molecule has 2 N–H and O–H groups in total. The molecule has 1 saturated heterocycles. The van der Waals surface area contributed by atoms with Crippen LogP contribution in [0.3, 0.4) is 0 Å².